The van der Waals surface area contributed by atoms with E-state index < -0.39 is 0 Å². The van der Waals surface area contributed by atoms with Crippen LogP contribution in [0.5, 0.6) is 0 Å². The first-order chi connectivity index (χ1) is 9.24. The van der Waals surface area contributed by atoms with E-state index >= 15 is 0 Å². The van der Waals surface area contributed by atoms with Gasteiger partial charge in [0.25, 0.3) is 0 Å². The van der Waals surface area contributed by atoms with Crippen LogP contribution in [0, 0.1) is 18.7 Å². The summed E-state index contributed by atoms with van der Waals surface area (Å²) in [5.74, 6) is 0.527. The van der Waals surface area contributed by atoms with Gasteiger partial charge in [-0.1, -0.05) is 36.4 Å². The lowest BCUT2D eigenvalue weighted by molar-refractivity contribution is 0.617. The topological polar surface area (TPSA) is 12.0 Å². The Balaban J connectivity index is 1.84. The summed E-state index contributed by atoms with van der Waals surface area (Å²) in [6.07, 6.45) is 2.50. The minimum Gasteiger partial charge on any atom is -0.378 e. The molecule has 1 aliphatic carbocycles. The van der Waals surface area contributed by atoms with Crippen molar-refractivity contribution in [2.45, 2.75) is 25.8 Å². The van der Waals surface area contributed by atoms with Crippen LogP contribution < -0.4 is 5.32 Å². The monoisotopic (exact) mass is 255 g/mol. The zero-order chi connectivity index (χ0) is 13.2. The third kappa shape index (κ3) is 2.78. The van der Waals surface area contributed by atoms with E-state index in [9.17, 15) is 4.39 Å². The van der Waals surface area contributed by atoms with Gasteiger partial charge in [0, 0.05) is 5.69 Å². The summed E-state index contributed by atoms with van der Waals surface area (Å²) in [6, 6.07) is 16.1. The van der Waals surface area contributed by atoms with E-state index in [1.165, 1.54) is 18.4 Å². The van der Waals surface area contributed by atoms with Crippen LogP contribution in [0.4, 0.5) is 10.1 Å². The second-order valence-corrected chi connectivity index (χ2v) is 5.33. The first-order valence-electron chi connectivity index (χ1n) is 6.81. The summed E-state index contributed by atoms with van der Waals surface area (Å²) in [4.78, 5) is 0. The average molecular weight is 255 g/mol. The maximum absolute atomic E-state index is 13.6. The van der Waals surface area contributed by atoms with E-state index in [-0.39, 0.29) is 5.82 Å². The highest BCUT2D eigenvalue weighted by atomic mass is 19.1. The van der Waals surface area contributed by atoms with Crippen LogP contribution in [0.3, 0.4) is 0 Å². The molecule has 2 heteroatoms. The summed E-state index contributed by atoms with van der Waals surface area (Å²) >= 11 is 0. The third-order valence-electron chi connectivity index (χ3n) is 3.75. The Kier molecular flexibility index (Phi) is 3.24. The number of nitrogens with one attached hydrogen (secondary N) is 1. The lowest BCUT2D eigenvalue weighted by Crippen LogP contribution is -2.13. The first-order valence-corrected chi connectivity index (χ1v) is 6.81. The predicted octanol–water partition coefficient (Wildman–Crippen LogP) is 4.70. The number of rotatable bonds is 4. The largest absolute Gasteiger partial charge is 0.378 e. The first kappa shape index (κ1) is 12.2. The maximum Gasteiger partial charge on any atom is 0.128 e. The second-order valence-electron chi connectivity index (χ2n) is 5.33. The Morgan fingerprint density at radius 1 is 1.11 bits per heavy atom. The van der Waals surface area contributed by atoms with E-state index in [1.807, 2.05) is 18.2 Å². The minimum atomic E-state index is -0.146. The van der Waals surface area contributed by atoms with E-state index in [0.717, 1.165) is 5.69 Å². The molecule has 0 heterocycles. The Labute approximate surface area is 113 Å². The van der Waals surface area contributed by atoms with Crippen molar-refractivity contribution < 1.29 is 4.39 Å². The molecular formula is C17H18FN. The van der Waals surface area contributed by atoms with Gasteiger partial charge in [-0.3, -0.25) is 0 Å². The molecule has 3 rings (SSSR count). The molecule has 1 fully saturated rings. The molecule has 2 aromatic rings. The molecular weight excluding hydrogens is 237 g/mol. The maximum atomic E-state index is 13.6. The quantitative estimate of drug-likeness (QED) is 0.835. The van der Waals surface area contributed by atoms with Crippen molar-refractivity contribution in [2.75, 3.05) is 5.32 Å². The Morgan fingerprint density at radius 3 is 2.47 bits per heavy atom. The Hall–Kier alpha value is -1.83. The molecule has 19 heavy (non-hydrogen) atoms. The number of halogens is 1. The lowest BCUT2D eigenvalue weighted by Gasteiger charge is -2.20. The minimum absolute atomic E-state index is 0.146. The van der Waals surface area contributed by atoms with Crippen molar-refractivity contribution in [1.29, 1.82) is 0 Å². The number of aryl methyl sites for hydroxylation is 1. The van der Waals surface area contributed by atoms with Crippen LogP contribution >= 0.6 is 0 Å². The molecule has 0 radical (unpaired) electrons. The highest BCUT2D eigenvalue weighted by Crippen LogP contribution is 2.42. The van der Waals surface area contributed by atoms with Crippen molar-refractivity contribution in [3.05, 3.63) is 65.5 Å². The Bertz CT molecular complexity index is 561. The summed E-state index contributed by atoms with van der Waals surface area (Å²) in [5, 5.41) is 3.49. The van der Waals surface area contributed by atoms with Crippen molar-refractivity contribution in [3.8, 4) is 0 Å². The Morgan fingerprint density at radius 2 is 1.84 bits per heavy atom. The zero-order valence-corrected chi connectivity index (χ0v) is 11.1. The molecule has 1 saturated carbocycles. The van der Waals surface area contributed by atoms with Crippen LogP contribution in [0.25, 0.3) is 0 Å². The lowest BCUT2D eigenvalue weighted by atomic mass is 10.0. The number of anilines is 1. The SMILES string of the molecule is Cc1ccc(NC(c2ccccc2)C2CC2)cc1F. The second kappa shape index (κ2) is 5.04. The molecule has 0 aromatic heterocycles. The normalized spacial score (nSPS) is 16.1. The third-order valence-corrected chi connectivity index (χ3v) is 3.75. The van der Waals surface area contributed by atoms with Crippen LogP contribution in [-0.4, -0.2) is 0 Å². The molecule has 1 atom stereocenters. The molecule has 1 nitrogen and oxygen atoms in total. The summed E-state index contributed by atoms with van der Waals surface area (Å²) < 4.78 is 13.6. The van der Waals surface area contributed by atoms with Crippen molar-refractivity contribution in [1.82, 2.24) is 0 Å². The van der Waals surface area contributed by atoms with Crippen LogP contribution in [0.15, 0.2) is 48.5 Å². The van der Waals surface area contributed by atoms with E-state index in [0.29, 0.717) is 17.5 Å². The molecule has 0 bridgehead atoms. The summed E-state index contributed by atoms with van der Waals surface area (Å²) in [7, 11) is 0. The molecule has 0 amide bonds. The molecule has 0 saturated heterocycles. The van der Waals surface area contributed by atoms with Gasteiger partial charge in [-0.05, 0) is 48.9 Å². The van der Waals surface area contributed by atoms with Gasteiger partial charge in [0.2, 0.25) is 0 Å². The van der Waals surface area contributed by atoms with Gasteiger partial charge < -0.3 is 5.32 Å². The van der Waals surface area contributed by atoms with Gasteiger partial charge in [0.05, 0.1) is 6.04 Å². The predicted molar refractivity (Wildman–Crippen MR) is 76.7 cm³/mol. The van der Waals surface area contributed by atoms with E-state index in [1.54, 1.807) is 13.0 Å². The number of benzene rings is 2. The highest BCUT2D eigenvalue weighted by molar-refractivity contribution is 5.48. The van der Waals surface area contributed by atoms with Crippen LogP contribution in [0.2, 0.25) is 0 Å². The van der Waals surface area contributed by atoms with Crippen LogP contribution in [-0.2, 0) is 0 Å². The summed E-state index contributed by atoms with van der Waals surface area (Å²) in [6.45, 7) is 1.79. The van der Waals surface area contributed by atoms with E-state index in [4.69, 9.17) is 0 Å². The molecule has 1 aliphatic rings. The average Bonchev–Trinajstić information content (AvgIpc) is 3.25. The van der Waals surface area contributed by atoms with E-state index in [2.05, 4.69) is 29.6 Å². The van der Waals surface area contributed by atoms with Gasteiger partial charge in [0.1, 0.15) is 5.82 Å². The van der Waals surface area contributed by atoms with Crippen molar-refractivity contribution in [2.24, 2.45) is 5.92 Å². The molecule has 1 unspecified atom stereocenters. The fourth-order valence-corrected chi connectivity index (χ4v) is 2.43. The number of hydrogen-bond donors (Lipinski definition) is 1. The highest BCUT2D eigenvalue weighted by Gasteiger charge is 2.32. The molecule has 0 aliphatic heterocycles. The van der Waals surface area contributed by atoms with Crippen LogP contribution in [0.1, 0.15) is 30.0 Å². The molecule has 0 spiro atoms. The van der Waals surface area contributed by atoms with Gasteiger partial charge in [-0.2, -0.15) is 0 Å². The smallest absolute Gasteiger partial charge is 0.128 e. The van der Waals surface area contributed by atoms with Gasteiger partial charge in [-0.25, -0.2) is 4.39 Å². The fraction of sp³-hybridized carbons (Fsp3) is 0.294. The van der Waals surface area contributed by atoms with Gasteiger partial charge >= 0.3 is 0 Å². The van der Waals surface area contributed by atoms with Crippen molar-refractivity contribution >= 4 is 5.69 Å². The standard InChI is InChI=1S/C17H18FN/c1-12-7-10-15(11-16(12)18)19-17(14-8-9-14)13-5-3-2-4-6-13/h2-7,10-11,14,17,19H,8-9H2,1H3. The van der Waals surface area contributed by atoms with Gasteiger partial charge in [0.15, 0.2) is 0 Å². The molecule has 98 valence electrons. The van der Waals surface area contributed by atoms with Crippen molar-refractivity contribution in [3.63, 3.8) is 0 Å². The van der Waals surface area contributed by atoms with Gasteiger partial charge in [-0.15, -0.1) is 0 Å². The summed E-state index contributed by atoms with van der Waals surface area (Å²) in [5.41, 5.74) is 2.84. The fourth-order valence-electron chi connectivity index (χ4n) is 2.43. The molecule has 2 aromatic carbocycles. The zero-order valence-electron chi connectivity index (χ0n) is 11.1. The number of hydrogen-bond acceptors (Lipinski definition) is 1. The molecule has 1 N–H and O–H groups in total.